The van der Waals surface area contributed by atoms with Crippen molar-refractivity contribution in [3.63, 3.8) is 0 Å². The molecule has 0 amide bonds. The van der Waals surface area contributed by atoms with E-state index in [-0.39, 0.29) is 18.6 Å². The van der Waals surface area contributed by atoms with Crippen molar-refractivity contribution in [2.45, 2.75) is 37.3 Å². The summed E-state index contributed by atoms with van der Waals surface area (Å²) in [5.41, 5.74) is 0.527. The Morgan fingerprint density at radius 2 is 1.91 bits per heavy atom. The number of nitrogens with zero attached hydrogens (tertiary/aromatic N) is 2. The summed E-state index contributed by atoms with van der Waals surface area (Å²) in [6, 6.07) is 5.28. The number of rotatable bonds is 4. The van der Waals surface area contributed by atoms with Gasteiger partial charge in [-0.15, -0.1) is 0 Å². The first kappa shape index (κ1) is 15.5. The van der Waals surface area contributed by atoms with Gasteiger partial charge in [0.15, 0.2) is 11.6 Å². The molecule has 5 heteroatoms. The molecule has 1 aromatic rings. The van der Waals surface area contributed by atoms with Crippen molar-refractivity contribution >= 4 is 0 Å². The monoisotopic (exact) mass is 322 g/mol. The molecule has 0 radical (unpaired) electrons. The molecule has 4 heterocycles. The highest BCUT2D eigenvalue weighted by Gasteiger charge is 2.53. The first-order valence-electron chi connectivity index (χ1n) is 8.73. The van der Waals surface area contributed by atoms with Gasteiger partial charge in [-0.05, 0) is 49.9 Å². The molecule has 4 saturated heterocycles. The number of aliphatic hydroxyl groups is 1. The molecule has 4 fully saturated rings. The average molecular weight is 322 g/mol. The molecule has 126 valence electrons. The van der Waals surface area contributed by atoms with E-state index in [2.05, 4.69) is 9.80 Å². The largest absolute Gasteiger partial charge is 0.396 e. The average Bonchev–Trinajstić information content (AvgIpc) is 2.98. The Kier molecular flexibility index (Phi) is 4.12. The van der Waals surface area contributed by atoms with Gasteiger partial charge in [-0.1, -0.05) is 12.1 Å². The maximum absolute atomic E-state index is 14.4. The standard InChI is InChI=1S/C18H24F2N2O/c19-15-4-1-3-13(16(15)20)14-11-22(7-2-10-23)17-12-5-8-21(9-6-12)18(14)17/h1,3-4,12,14,17-18,23H,2,5-11H2/t14-,17+,18+/m0/s1. The predicted octanol–water partition coefficient (Wildman–Crippen LogP) is 2.21. The third-order valence-corrected chi connectivity index (χ3v) is 6.08. The topological polar surface area (TPSA) is 26.7 Å². The van der Waals surface area contributed by atoms with Gasteiger partial charge in [0.1, 0.15) is 0 Å². The molecule has 0 spiro atoms. The van der Waals surface area contributed by atoms with Crippen LogP contribution >= 0.6 is 0 Å². The molecule has 23 heavy (non-hydrogen) atoms. The lowest BCUT2D eigenvalue weighted by Crippen LogP contribution is -2.60. The summed E-state index contributed by atoms with van der Waals surface area (Å²) in [5, 5.41) is 9.17. The highest BCUT2D eigenvalue weighted by molar-refractivity contribution is 5.29. The quantitative estimate of drug-likeness (QED) is 0.921. The summed E-state index contributed by atoms with van der Waals surface area (Å²) in [7, 11) is 0. The number of hydrogen-bond acceptors (Lipinski definition) is 3. The van der Waals surface area contributed by atoms with Gasteiger partial charge >= 0.3 is 0 Å². The summed E-state index contributed by atoms with van der Waals surface area (Å²) < 4.78 is 28.1. The van der Waals surface area contributed by atoms with E-state index in [0.29, 0.717) is 17.5 Å². The van der Waals surface area contributed by atoms with Gasteiger partial charge in [-0.2, -0.15) is 0 Å². The van der Waals surface area contributed by atoms with Crippen LogP contribution in [0, 0.1) is 17.6 Å². The Balaban J connectivity index is 1.68. The predicted molar refractivity (Wildman–Crippen MR) is 84.2 cm³/mol. The Hall–Kier alpha value is -1.04. The summed E-state index contributed by atoms with van der Waals surface area (Å²) >= 11 is 0. The van der Waals surface area contributed by atoms with Crippen LogP contribution in [-0.4, -0.2) is 59.8 Å². The zero-order valence-corrected chi connectivity index (χ0v) is 13.3. The lowest BCUT2D eigenvalue weighted by molar-refractivity contribution is -0.00777. The second-order valence-electron chi connectivity index (χ2n) is 7.18. The fraction of sp³-hybridized carbons (Fsp3) is 0.667. The summed E-state index contributed by atoms with van der Waals surface area (Å²) in [4.78, 5) is 4.91. The van der Waals surface area contributed by atoms with E-state index >= 15 is 0 Å². The molecule has 3 nitrogen and oxygen atoms in total. The Labute approximate surface area is 135 Å². The van der Waals surface area contributed by atoms with Gasteiger partial charge in [0.25, 0.3) is 0 Å². The minimum absolute atomic E-state index is 0.0255. The number of piperidine rings is 3. The van der Waals surface area contributed by atoms with Crippen LogP contribution in [-0.2, 0) is 0 Å². The van der Waals surface area contributed by atoms with Crippen molar-refractivity contribution in [2.24, 2.45) is 5.92 Å². The molecule has 3 atom stereocenters. The molecule has 2 bridgehead atoms. The number of hydrogen-bond donors (Lipinski definition) is 1. The third-order valence-electron chi connectivity index (χ3n) is 6.08. The van der Waals surface area contributed by atoms with Crippen molar-refractivity contribution in [1.82, 2.24) is 9.80 Å². The zero-order valence-electron chi connectivity index (χ0n) is 13.3. The van der Waals surface area contributed by atoms with Crippen molar-refractivity contribution in [1.29, 1.82) is 0 Å². The SMILES string of the molecule is OCCCN1C[C@@H](c2cccc(F)c2F)[C@@H]2[C@H]1C1CCN2CC1. The van der Waals surface area contributed by atoms with Crippen LogP contribution in [0.4, 0.5) is 8.78 Å². The zero-order chi connectivity index (χ0) is 16.0. The summed E-state index contributed by atoms with van der Waals surface area (Å²) in [6.07, 6.45) is 3.15. The molecule has 0 aliphatic carbocycles. The molecule has 4 aliphatic rings. The number of aliphatic hydroxyl groups excluding tert-OH is 1. The number of likely N-dealkylation sites (tertiary alicyclic amines) is 1. The second kappa shape index (κ2) is 6.11. The van der Waals surface area contributed by atoms with Gasteiger partial charge in [-0.25, -0.2) is 8.78 Å². The fourth-order valence-corrected chi connectivity index (χ4v) is 5.15. The molecule has 0 saturated carbocycles. The van der Waals surface area contributed by atoms with E-state index in [9.17, 15) is 13.9 Å². The first-order valence-corrected chi connectivity index (χ1v) is 8.73. The van der Waals surface area contributed by atoms with Crippen LogP contribution in [0.15, 0.2) is 18.2 Å². The van der Waals surface area contributed by atoms with Crippen molar-refractivity contribution in [3.05, 3.63) is 35.4 Å². The lowest BCUT2D eigenvalue weighted by Gasteiger charge is -2.51. The molecule has 5 rings (SSSR count). The highest BCUT2D eigenvalue weighted by atomic mass is 19.2. The first-order chi connectivity index (χ1) is 11.2. The maximum atomic E-state index is 14.4. The van der Waals surface area contributed by atoms with E-state index in [1.165, 1.54) is 18.9 Å². The minimum atomic E-state index is -0.746. The Bertz CT molecular complexity index is 574. The number of fused-ring (bicyclic) bond motifs is 2. The van der Waals surface area contributed by atoms with Crippen molar-refractivity contribution < 1.29 is 13.9 Å². The van der Waals surface area contributed by atoms with Crippen LogP contribution in [0.1, 0.15) is 30.7 Å². The highest BCUT2D eigenvalue weighted by Crippen LogP contribution is 2.47. The maximum Gasteiger partial charge on any atom is 0.162 e. The molecular weight excluding hydrogens is 298 g/mol. The van der Waals surface area contributed by atoms with Crippen LogP contribution in [0.25, 0.3) is 0 Å². The molecule has 1 aromatic carbocycles. The van der Waals surface area contributed by atoms with Crippen LogP contribution in [0.3, 0.4) is 0 Å². The van der Waals surface area contributed by atoms with Gasteiger partial charge in [0.05, 0.1) is 0 Å². The molecule has 4 aliphatic heterocycles. The second-order valence-corrected chi connectivity index (χ2v) is 7.18. The normalized spacial score (nSPS) is 36.4. The molecular formula is C18H24F2N2O. The molecule has 0 unspecified atom stereocenters. The van der Waals surface area contributed by atoms with E-state index in [0.717, 1.165) is 32.6 Å². The van der Waals surface area contributed by atoms with Crippen LogP contribution in [0.5, 0.6) is 0 Å². The van der Waals surface area contributed by atoms with Gasteiger partial charge in [-0.3, -0.25) is 9.80 Å². The van der Waals surface area contributed by atoms with Gasteiger partial charge in [0.2, 0.25) is 0 Å². The summed E-state index contributed by atoms with van der Waals surface area (Å²) in [5.74, 6) is -0.741. The van der Waals surface area contributed by atoms with Crippen molar-refractivity contribution in [2.75, 3.05) is 32.8 Å². The van der Waals surface area contributed by atoms with Crippen LogP contribution in [0.2, 0.25) is 0 Å². The number of benzene rings is 1. The summed E-state index contributed by atoms with van der Waals surface area (Å²) in [6.45, 7) is 3.94. The lowest BCUT2D eigenvalue weighted by atomic mass is 9.75. The number of halogens is 2. The third kappa shape index (κ3) is 2.49. The Morgan fingerprint density at radius 1 is 1.13 bits per heavy atom. The van der Waals surface area contributed by atoms with E-state index < -0.39 is 11.6 Å². The van der Waals surface area contributed by atoms with Crippen LogP contribution < -0.4 is 0 Å². The Morgan fingerprint density at radius 3 is 2.65 bits per heavy atom. The molecule has 0 aromatic heterocycles. The van der Waals surface area contributed by atoms with E-state index in [1.807, 2.05) is 0 Å². The van der Waals surface area contributed by atoms with Gasteiger partial charge in [0, 0.05) is 37.7 Å². The van der Waals surface area contributed by atoms with E-state index in [1.54, 1.807) is 12.1 Å². The minimum Gasteiger partial charge on any atom is -0.396 e. The smallest absolute Gasteiger partial charge is 0.162 e. The van der Waals surface area contributed by atoms with Crippen molar-refractivity contribution in [3.8, 4) is 0 Å². The van der Waals surface area contributed by atoms with Gasteiger partial charge < -0.3 is 5.11 Å². The fourth-order valence-electron chi connectivity index (χ4n) is 5.15. The van der Waals surface area contributed by atoms with E-state index in [4.69, 9.17) is 0 Å². The molecule has 1 N–H and O–H groups in total.